The Kier molecular flexibility index (Phi) is 5.04. The average molecular weight is 230 g/mol. The second kappa shape index (κ2) is 6.32. The molecule has 0 aromatic rings. The maximum atomic E-state index is 11.5. The second-order valence-electron chi connectivity index (χ2n) is 3.94. The minimum Gasteiger partial charge on any atom is -0.480 e. The summed E-state index contributed by atoms with van der Waals surface area (Å²) >= 11 is 0. The number of hydrogen-bond donors (Lipinski definition) is 2. The van der Waals surface area contributed by atoms with Crippen molar-refractivity contribution in [2.75, 3.05) is 33.4 Å². The number of methoxy groups -OCH3 is 1. The first kappa shape index (κ1) is 12.8. The zero-order valence-electron chi connectivity index (χ0n) is 9.44. The predicted molar refractivity (Wildman–Crippen MR) is 57.2 cm³/mol. The zero-order chi connectivity index (χ0) is 12.0. The van der Waals surface area contributed by atoms with Crippen molar-refractivity contribution in [3.63, 3.8) is 0 Å². The Labute approximate surface area is 94.6 Å². The highest BCUT2D eigenvalue weighted by Gasteiger charge is 2.22. The maximum Gasteiger partial charge on any atom is 0.323 e. The Balaban J connectivity index is 2.24. The number of hydrogen-bond acceptors (Lipinski definition) is 3. The van der Waals surface area contributed by atoms with Crippen molar-refractivity contribution >= 4 is 12.0 Å². The molecule has 0 spiro atoms. The van der Waals surface area contributed by atoms with Gasteiger partial charge < -0.3 is 20.1 Å². The fraction of sp³-hybridized carbons (Fsp3) is 0.800. The van der Waals surface area contributed by atoms with Crippen molar-refractivity contribution in [3.05, 3.63) is 0 Å². The van der Waals surface area contributed by atoms with Crippen molar-refractivity contribution in [3.8, 4) is 0 Å². The number of ether oxygens (including phenoxy) is 1. The molecule has 6 heteroatoms. The van der Waals surface area contributed by atoms with Crippen LogP contribution in [-0.4, -0.2) is 55.4 Å². The summed E-state index contributed by atoms with van der Waals surface area (Å²) in [5.41, 5.74) is 0. The molecule has 6 nitrogen and oxygen atoms in total. The van der Waals surface area contributed by atoms with Crippen LogP contribution >= 0.6 is 0 Å². The maximum absolute atomic E-state index is 11.5. The highest BCUT2D eigenvalue weighted by molar-refractivity contribution is 5.79. The van der Waals surface area contributed by atoms with Gasteiger partial charge in [0.05, 0.1) is 0 Å². The van der Waals surface area contributed by atoms with Crippen LogP contribution in [0.1, 0.15) is 12.8 Å². The Bertz CT molecular complexity index is 249. The van der Waals surface area contributed by atoms with Crippen molar-refractivity contribution in [2.45, 2.75) is 12.8 Å². The number of carboxylic acids is 1. The van der Waals surface area contributed by atoms with E-state index in [-0.39, 0.29) is 12.6 Å². The average Bonchev–Trinajstić information content (AvgIpc) is 2.27. The number of nitrogens with zero attached hydrogens (tertiary/aromatic N) is 1. The van der Waals surface area contributed by atoms with Gasteiger partial charge in [-0.1, -0.05) is 0 Å². The first-order chi connectivity index (χ1) is 7.63. The Morgan fingerprint density at radius 3 is 2.56 bits per heavy atom. The molecule has 1 heterocycles. The molecule has 1 rings (SSSR count). The van der Waals surface area contributed by atoms with E-state index < -0.39 is 5.97 Å². The number of nitrogens with one attached hydrogen (secondary N) is 1. The highest BCUT2D eigenvalue weighted by atomic mass is 16.5. The molecule has 2 amide bonds. The van der Waals surface area contributed by atoms with Gasteiger partial charge in [0.1, 0.15) is 6.54 Å². The normalized spacial score (nSPS) is 17.2. The van der Waals surface area contributed by atoms with E-state index in [2.05, 4.69) is 5.32 Å². The smallest absolute Gasteiger partial charge is 0.323 e. The van der Waals surface area contributed by atoms with E-state index in [9.17, 15) is 9.59 Å². The number of carboxylic acid groups (broad SMARTS) is 1. The first-order valence-electron chi connectivity index (χ1n) is 5.37. The molecule has 0 aromatic heterocycles. The molecule has 1 aliphatic rings. The van der Waals surface area contributed by atoms with Gasteiger partial charge in [-0.2, -0.15) is 0 Å². The Morgan fingerprint density at radius 1 is 1.44 bits per heavy atom. The second-order valence-corrected chi connectivity index (χ2v) is 3.94. The van der Waals surface area contributed by atoms with Crippen LogP contribution in [-0.2, 0) is 9.53 Å². The van der Waals surface area contributed by atoms with Gasteiger partial charge in [-0.25, -0.2) is 4.79 Å². The largest absolute Gasteiger partial charge is 0.480 e. The van der Waals surface area contributed by atoms with Gasteiger partial charge in [0.25, 0.3) is 0 Å². The minimum absolute atomic E-state index is 0.293. The zero-order valence-corrected chi connectivity index (χ0v) is 9.44. The number of amides is 2. The number of carbonyl (C=O) groups excluding carboxylic acids is 1. The molecule has 0 radical (unpaired) electrons. The molecule has 0 atom stereocenters. The molecule has 0 unspecified atom stereocenters. The van der Waals surface area contributed by atoms with E-state index in [0.29, 0.717) is 19.0 Å². The fourth-order valence-electron chi connectivity index (χ4n) is 1.80. The van der Waals surface area contributed by atoms with Crippen molar-refractivity contribution < 1.29 is 19.4 Å². The minimum atomic E-state index is -1.03. The van der Waals surface area contributed by atoms with E-state index in [1.54, 1.807) is 12.0 Å². The van der Waals surface area contributed by atoms with Crippen LogP contribution in [0.3, 0.4) is 0 Å². The SMILES string of the molecule is COCC1CCN(C(=O)NCC(=O)O)CC1. The summed E-state index contributed by atoms with van der Waals surface area (Å²) in [6.07, 6.45) is 1.82. The van der Waals surface area contributed by atoms with Crippen molar-refractivity contribution in [1.82, 2.24) is 10.2 Å². The fourth-order valence-corrected chi connectivity index (χ4v) is 1.80. The molecular weight excluding hydrogens is 212 g/mol. The molecule has 92 valence electrons. The first-order valence-corrected chi connectivity index (χ1v) is 5.37. The molecular formula is C10H18N2O4. The van der Waals surface area contributed by atoms with Crippen LogP contribution in [0.2, 0.25) is 0 Å². The molecule has 1 saturated heterocycles. The number of aliphatic carboxylic acids is 1. The summed E-state index contributed by atoms with van der Waals surface area (Å²) in [5.74, 6) is -0.517. The van der Waals surface area contributed by atoms with Gasteiger partial charge >= 0.3 is 12.0 Å². The highest BCUT2D eigenvalue weighted by Crippen LogP contribution is 2.16. The lowest BCUT2D eigenvalue weighted by molar-refractivity contribution is -0.135. The lowest BCUT2D eigenvalue weighted by Gasteiger charge is -2.31. The van der Waals surface area contributed by atoms with E-state index in [0.717, 1.165) is 19.4 Å². The molecule has 0 aromatic carbocycles. The number of urea groups is 1. The standard InChI is InChI=1S/C10H18N2O4/c1-16-7-8-2-4-12(5-3-8)10(15)11-6-9(13)14/h8H,2-7H2,1H3,(H,11,15)(H,13,14). The molecule has 2 N–H and O–H groups in total. The van der Waals surface area contributed by atoms with Gasteiger partial charge in [-0.3, -0.25) is 4.79 Å². The van der Waals surface area contributed by atoms with Crippen LogP contribution < -0.4 is 5.32 Å². The summed E-state index contributed by atoms with van der Waals surface area (Å²) in [4.78, 5) is 23.4. The van der Waals surface area contributed by atoms with Crippen LogP contribution in [0, 0.1) is 5.92 Å². The third-order valence-corrected chi connectivity index (χ3v) is 2.69. The summed E-state index contributed by atoms with van der Waals surface area (Å²) in [5, 5.41) is 10.8. The topological polar surface area (TPSA) is 78.9 Å². The molecule has 1 aliphatic heterocycles. The third-order valence-electron chi connectivity index (χ3n) is 2.69. The lowest BCUT2D eigenvalue weighted by Crippen LogP contribution is -2.46. The van der Waals surface area contributed by atoms with E-state index in [4.69, 9.17) is 9.84 Å². The molecule has 0 aliphatic carbocycles. The van der Waals surface area contributed by atoms with E-state index in [1.807, 2.05) is 0 Å². The lowest BCUT2D eigenvalue weighted by atomic mass is 9.98. The molecule has 0 bridgehead atoms. The summed E-state index contributed by atoms with van der Waals surface area (Å²) in [7, 11) is 1.67. The van der Waals surface area contributed by atoms with Crippen molar-refractivity contribution in [2.24, 2.45) is 5.92 Å². The van der Waals surface area contributed by atoms with Crippen LogP contribution in [0.15, 0.2) is 0 Å². The number of rotatable bonds is 4. The van der Waals surface area contributed by atoms with Crippen molar-refractivity contribution in [1.29, 1.82) is 0 Å². The van der Waals surface area contributed by atoms with E-state index >= 15 is 0 Å². The molecule has 1 fully saturated rings. The van der Waals surface area contributed by atoms with Gasteiger partial charge in [0.15, 0.2) is 0 Å². The van der Waals surface area contributed by atoms with Gasteiger partial charge in [-0.05, 0) is 18.8 Å². The molecule has 16 heavy (non-hydrogen) atoms. The number of carbonyl (C=O) groups is 2. The summed E-state index contributed by atoms with van der Waals surface area (Å²) in [6.45, 7) is 1.74. The third kappa shape index (κ3) is 4.06. The summed E-state index contributed by atoms with van der Waals surface area (Å²) in [6, 6.07) is -0.293. The monoisotopic (exact) mass is 230 g/mol. The van der Waals surface area contributed by atoms with Gasteiger partial charge in [0, 0.05) is 26.8 Å². The number of piperidine rings is 1. The summed E-state index contributed by atoms with van der Waals surface area (Å²) < 4.78 is 5.06. The van der Waals surface area contributed by atoms with Crippen LogP contribution in [0.4, 0.5) is 4.79 Å². The van der Waals surface area contributed by atoms with Gasteiger partial charge in [-0.15, -0.1) is 0 Å². The van der Waals surface area contributed by atoms with Crippen LogP contribution in [0.5, 0.6) is 0 Å². The van der Waals surface area contributed by atoms with Gasteiger partial charge in [0.2, 0.25) is 0 Å². The Morgan fingerprint density at radius 2 is 2.06 bits per heavy atom. The van der Waals surface area contributed by atoms with E-state index in [1.165, 1.54) is 0 Å². The molecule has 0 saturated carbocycles. The Hall–Kier alpha value is -1.30. The van der Waals surface area contributed by atoms with Crippen LogP contribution in [0.25, 0.3) is 0 Å². The predicted octanol–water partition coefficient (Wildman–Crippen LogP) is 0.139. The number of likely N-dealkylation sites (tertiary alicyclic amines) is 1. The quantitative estimate of drug-likeness (QED) is 0.720.